The highest BCUT2D eigenvalue weighted by Gasteiger charge is 2.25. The average molecular weight is 338 g/mol. The molecule has 0 aliphatic carbocycles. The molecule has 0 aliphatic rings. The Bertz CT molecular complexity index is 575. The first kappa shape index (κ1) is 19.4. The van der Waals surface area contributed by atoms with E-state index in [1.165, 1.54) is 19.4 Å². The van der Waals surface area contributed by atoms with Crippen molar-refractivity contribution >= 4 is 17.8 Å². The van der Waals surface area contributed by atoms with Crippen LogP contribution in [-0.4, -0.2) is 49.2 Å². The highest BCUT2D eigenvalue weighted by atomic mass is 16.5. The number of carbonyl (C=O) groups excluding carboxylic acids is 3. The number of nitrogens with one attached hydrogen (secondary N) is 1. The van der Waals surface area contributed by atoms with Gasteiger partial charge in [0.05, 0.1) is 20.3 Å². The molecule has 0 aliphatic heterocycles. The molecule has 0 saturated carbocycles. The summed E-state index contributed by atoms with van der Waals surface area (Å²) in [5.41, 5.74) is 0.186. The van der Waals surface area contributed by atoms with E-state index in [1.54, 1.807) is 19.9 Å². The quantitative estimate of drug-likeness (QED) is 0.672. The molecule has 1 aromatic rings. The molecule has 8 heteroatoms. The summed E-state index contributed by atoms with van der Waals surface area (Å²) in [7, 11) is 1.39. The number of amides is 1. The lowest BCUT2D eigenvalue weighted by atomic mass is 10.1. The summed E-state index contributed by atoms with van der Waals surface area (Å²) >= 11 is 0. The fourth-order valence-corrected chi connectivity index (χ4v) is 1.95. The van der Waals surface area contributed by atoms with Gasteiger partial charge < -0.3 is 19.5 Å². The number of ether oxygens (including phenoxy) is 3. The minimum Gasteiger partial charge on any atom is -0.480 e. The van der Waals surface area contributed by atoms with Crippen molar-refractivity contribution in [2.24, 2.45) is 0 Å². The van der Waals surface area contributed by atoms with Crippen molar-refractivity contribution in [1.29, 1.82) is 0 Å². The molecular weight excluding hydrogens is 316 g/mol. The molecule has 0 bridgehead atoms. The molecule has 0 fully saturated rings. The SMILES string of the molecule is CCOC(=O)CC[C@H](NC(=O)c1cccnc1OC)C(=O)OCC. The highest BCUT2D eigenvalue weighted by Crippen LogP contribution is 2.14. The molecule has 0 aromatic carbocycles. The third-order valence-corrected chi connectivity index (χ3v) is 3.03. The molecule has 1 atom stereocenters. The monoisotopic (exact) mass is 338 g/mol. The van der Waals surface area contributed by atoms with Gasteiger partial charge in [-0.1, -0.05) is 0 Å². The van der Waals surface area contributed by atoms with Crippen LogP contribution in [0.2, 0.25) is 0 Å². The average Bonchev–Trinajstić information content (AvgIpc) is 2.58. The van der Waals surface area contributed by atoms with Gasteiger partial charge in [-0.2, -0.15) is 0 Å². The maximum Gasteiger partial charge on any atom is 0.328 e. The molecule has 1 rings (SSSR count). The van der Waals surface area contributed by atoms with E-state index in [0.29, 0.717) is 0 Å². The number of aromatic nitrogens is 1. The van der Waals surface area contributed by atoms with Gasteiger partial charge in [0.1, 0.15) is 11.6 Å². The summed E-state index contributed by atoms with van der Waals surface area (Å²) in [5, 5.41) is 2.55. The third kappa shape index (κ3) is 5.86. The number of pyridine rings is 1. The van der Waals surface area contributed by atoms with Crippen molar-refractivity contribution in [2.75, 3.05) is 20.3 Å². The van der Waals surface area contributed by atoms with Gasteiger partial charge in [0.15, 0.2) is 0 Å². The second kappa shape index (κ2) is 10.2. The predicted molar refractivity (Wildman–Crippen MR) is 84.5 cm³/mol. The van der Waals surface area contributed by atoms with Crippen LogP contribution in [0, 0.1) is 0 Å². The first-order valence-electron chi connectivity index (χ1n) is 7.65. The van der Waals surface area contributed by atoms with Gasteiger partial charge in [0.2, 0.25) is 5.88 Å². The van der Waals surface area contributed by atoms with Crippen LogP contribution in [0.25, 0.3) is 0 Å². The number of carbonyl (C=O) groups is 3. The molecule has 1 amide bonds. The number of methoxy groups -OCH3 is 1. The minimum absolute atomic E-state index is 0.0121. The van der Waals surface area contributed by atoms with Crippen LogP contribution in [0.5, 0.6) is 5.88 Å². The van der Waals surface area contributed by atoms with Crippen LogP contribution in [0.1, 0.15) is 37.0 Å². The van der Waals surface area contributed by atoms with Crippen molar-refractivity contribution < 1.29 is 28.6 Å². The van der Waals surface area contributed by atoms with E-state index in [2.05, 4.69) is 10.3 Å². The van der Waals surface area contributed by atoms with Crippen molar-refractivity contribution in [3.8, 4) is 5.88 Å². The first-order chi connectivity index (χ1) is 11.5. The van der Waals surface area contributed by atoms with Crippen molar-refractivity contribution in [3.63, 3.8) is 0 Å². The molecule has 1 heterocycles. The summed E-state index contributed by atoms with van der Waals surface area (Å²) < 4.78 is 14.8. The zero-order valence-corrected chi connectivity index (χ0v) is 14.0. The van der Waals surface area contributed by atoms with Crippen LogP contribution in [0.4, 0.5) is 0 Å². The smallest absolute Gasteiger partial charge is 0.328 e. The normalized spacial score (nSPS) is 11.3. The summed E-state index contributed by atoms with van der Waals surface area (Å²) in [5.74, 6) is -1.46. The molecule has 0 spiro atoms. The lowest BCUT2D eigenvalue weighted by Crippen LogP contribution is -2.42. The Morgan fingerprint density at radius 2 is 1.92 bits per heavy atom. The highest BCUT2D eigenvalue weighted by molar-refractivity contribution is 5.98. The van der Waals surface area contributed by atoms with E-state index in [1.807, 2.05) is 0 Å². The van der Waals surface area contributed by atoms with E-state index in [-0.39, 0.29) is 37.5 Å². The van der Waals surface area contributed by atoms with Gasteiger partial charge in [-0.05, 0) is 32.4 Å². The fraction of sp³-hybridized carbons (Fsp3) is 0.500. The fourth-order valence-electron chi connectivity index (χ4n) is 1.95. The van der Waals surface area contributed by atoms with Gasteiger partial charge in [-0.25, -0.2) is 9.78 Å². The molecule has 132 valence electrons. The zero-order chi connectivity index (χ0) is 17.9. The van der Waals surface area contributed by atoms with Crippen LogP contribution in [0.3, 0.4) is 0 Å². The summed E-state index contributed by atoms with van der Waals surface area (Å²) in [6, 6.07) is 2.14. The molecule has 1 N–H and O–H groups in total. The Morgan fingerprint density at radius 1 is 1.21 bits per heavy atom. The van der Waals surface area contributed by atoms with Crippen molar-refractivity contribution in [2.45, 2.75) is 32.7 Å². The van der Waals surface area contributed by atoms with E-state index in [9.17, 15) is 14.4 Å². The predicted octanol–water partition coefficient (Wildman–Crippen LogP) is 1.09. The van der Waals surface area contributed by atoms with Crippen molar-refractivity contribution in [3.05, 3.63) is 23.9 Å². The van der Waals surface area contributed by atoms with Gasteiger partial charge in [-0.15, -0.1) is 0 Å². The Kier molecular flexibility index (Phi) is 8.24. The Hall–Kier alpha value is -2.64. The van der Waals surface area contributed by atoms with E-state index in [0.717, 1.165) is 0 Å². The number of hydrogen-bond donors (Lipinski definition) is 1. The minimum atomic E-state index is -0.966. The number of nitrogens with zero attached hydrogens (tertiary/aromatic N) is 1. The molecule has 0 radical (unpaired) electrons. The largest absolute Gasteiger partial charge is 0.480 e. The zero-order valence-electron chi connectivity index (χ0n) is 14.0. The second-order valence-corrected chi connectivity index (χ2v) is 4.68. The summed E-state index contributed by atoms with van der Waals surface area (Å²) in [6.45, 7) is 3.77. The Balaban J connectivity index is 2.81. The number of esters is 2. The van der Waals surface area contributed by atoms with Crippen molar-refractivity contribution in [1.82, 2.24) is 10.3 Å². The first-order valence-corrected chi connectivity index (χ1v) is 7.65. The Morgan fingerprint density at radius 3 is 2.54 bits per heavy atom. The number of rotatable bonds is 9. The topological polar surface area (TPSA) is 104 Å². The number of hydrogen-bond acceptors (Lipinski definition) is 7. The molecule has 1 aromatic heterocycles. The Labute approximate surface area is 140 Å². The van der Waals surface area contributed by atoms with E-state index >= 15 is 0 Å². The van der Waals surface area contributed by atoms with Crippen LogP contribution < -0.4 is 10.1 Å². The lowest BCUT2D eigenvalue weighted by Gasteiger charge is -2.17. The molecule has 24 heavy (non-hydrogen) atoms. The second-order valence-electron chi connectivity index (χ2n) is 4.68. The molecule has 0 saturated heterocycles. The van der Waals surface area contributed by atoms with Crippen LogP contribution in [-0.2, 0) is 19.1 Å². The summed E-state index contributed by atoms with van der Waals surface area (Å²) in [4.78, 5) is 39.8. The van der Waals surface area contributed by atoms with Gasteiger partial charge in [0.25, 0.3) is 5.91 Å². The van der Waals surface area contributed by atoms with Crippen LogP contribution in [0.15, 0.2) is 18.3 Å². The van der Waals surface area contributed by atoms with Gasteiger partial charge >= 0.3 is 11.9 Å². The van der Waals surface area contributed by atoms with Gasteiger partial charge in [-0.3, -0.25) is 9.59 Å². The van der Waals surface area contributed by atoms with Gasteiger partial charge in [0, 0.05) is 12.6 Å². The maximum absolute atomic E-state index is 12.4. The van der Waals surface area contributed by atoms with E-state index in [4.69, 9.17) is 14.2 Å². The van der Waals surface area contributed by atoms with E-state index < -0.39 is 23.9 Å². The standard InChI is InChI=1S/C16H22N2O6/c1-4-23-13(19)9-8-12(16(21)24-5-2)18-14(20)11-7-6-10-17-15(11)22-3/h6-7,10,12H,4-5,8-9H2,1-3H3,(H,18,20)/t12-/m0/s1. The van der Waals surface area contributed by atoms with Crippen LogP contribution >= 0.6 is 0 Å². The summed E-state index contributed by atoms with van der Waals surface area (Å²) in [6.07, 6.45) is 1.55. The lowest BCUT2D eigenvalue weighted by molar-refractivity contribution is -0.146. The molecule has 8 nitrogen and oxygen atoms in total. The third-order valence-electron chi connectivity index (χ3n) is 3.03. The molecular formula is C16H22N2O6. The molecule has 0 unspecified atom stereocenters. The maximum atomic E-state index is 12.4.